The molecular formula is C23H26P+. The van der Waals surface area contributed by atoms with Crippen LogP contribution in [0.2, 0.25) is 0 Å². The minimum absolute atomic E-state index is 0.693. The first-order valence-electron chi connectivity index (χ1n) is 8.82. The van der Waals surface area contributed by atoms with E-state index in [1.807, 2.05) is 0 Å². The molecule has 0 nitrogen and oxygen atoms in total. The summed E-state index contributed by atoms with van der Waals surface area (Å²) in [6, 6.07) is 33.5. The van der Waals surface area contributed by atoms with Crippen LogP contribution in [0.1, 0.15) is 20.3 Å². The van der Waals surface area contributed by atoms with Gasteiger partial charge < -0.3 is 0 Å². The zero-order valence-electron chi connectivity index (χ0n) is 14.6. The molecule has 1 heteroatoms. The largest absolute Gasteiger partial charge is 0.112 e. The smallest absolute Gasteiger partial charge is 0.0650 e. The number of rotatable bonds is 6. The van der Waals surface area contributed by atoms with Crippen LogP contribution < -0.4 is 15.9 Å². The lowest BCUT2D eigenvalue weighted by Gasteiger charge is -2.29. The molecule has 3 rings (SSSR count). The Labute approximate surface area is 146 Å². The van der Waals surface area contributed by atoms with Crippen molar-refractivity contribution in [2.45, 2.75) is 20.3 Å². The molecule has 3 aromatic rings. The SMILES string of the molecule is CC[C@H](C)C[P+](c1ccccc1)(c1ccccc1)c1ccccc1. The van der Waals surface area contributed by atoms with Crippen LogP contribution in [0, 0.1) is 5.92 Å². The monoisotopic (exact) mass is 333 g/mol. The summed E-state index contributed by atoms with van der Waals surface area (Å²) in [4.78, 5) is 0. The molecule has 1 atom stereocenters. The Morgan fingerprint density at radius 2 is 0.958 bits per heavy atom. The Hall–Kier alpha value is -1.91. The molecule has 0 aromatic heterocycles. The molecule has 3 aromatic carbocycles. The molecular weight excluding hydrogens is 307 g/mol. The Morgan fingerprint density at radius 1 is 0.625 bits per heavy atom. The molecule has 0 saturated carbocycles. The van der Waals surface area contributed by atoms with E-state index in [1.54, 1.807) is 0 Å². The van der Waals surface area contributed by atoms with Gasteiger partial charge in [-0.1, -0.05) is 74.9 Å². The molecule has 0 fully saturated rings. The maximum absolute atomic E-state index is 2.39. The van der Waals surface area contributed by atoms with Gasteiger partial charge >= 0.3 is 0 Å². The van der Waals surface area contributed by atoms with Gasteiger partial charge in [0.2, 0.25) is 0 Å². The van der Waals surface area contributed by atoms with E-state index < -0.39 is 7.26 Å². The highest BCUT2D eigenvalue weighted by atomic mass is 31.2. The highest BCUT2D eigenvalue weighted by Gasteiger charge is 2.45. The first kappa shape index (κ1) is 16.9. The van der Waals surface area contributed by atoms with Crippen LogP contribution in [0.15, 0.2) is 91.0 Å². The summed E-state index contributed by atoms with van der Waals surface area (Å²) < 4.78 is 0. The lowest BCUT2D eigenvalue weighted by atomic mass is 10.2. The van der Waals surface area contributed by atoms with Crippen LogP contribution in [0.3, 0.4) is 0 Å². The van der Waals surface area contributed by atoms with E-state index in [1.165, 1.54) is 28.5 Å². The molecule has 0 bridgehead atoms. The first-order valence-corrected chi connectivity index (χ1v) is 10.8. The molecule has 0 amide bonds. The van der Waals surface area contributed by atoms with Crippen LogP contribution in [-0.4, -0.2) is 6.16 Å². The quantitative estimate of drug-likeness (QED) is 0.555. The number of benzene rings is 3. The summed E-state index contributed by atoms with van der Waals surface area (Å²) >= 11 is 0. The average molecular weight is 333 g/mol. The van der Waals surface area contributed by atoms with Crippen molar-refractivity contribution in [2.24, 2.45) is 5.92 Å². The number of hydrogen-bond acceptors (Lipinski definition) is 0. The van der Waals surface area contributed by atoms with Gasteiger partial charge in [-0.3, -0.25) is 0 Å². The van der Waals surface area contributed by atoms with E-state index in [0.717, 1.165) is 0 Å². The molecule has 0 saturated heterocycles. The van der Waals surface area contributed by atoms with Crippen LogP contribution in [0.4, 0.5) is 0 Å². The molecule has 0 unspecified atom stereocenters. The lowest BCUT2D eigenvalue weighted by Crippen LogP contribution is -2.35. The topological polar surface area (TPSA) is 0 Å². The zero-order valence-corrected chi connectivity index (χ0v) is 15.5. The Kier molecular flexibility index (Phi) is 5.48. The predicted octanol–water partition coefficient (Wildman–Crippen LogP) is 5.03. The van der Waals surface area contributed by atoms with Gasteiger partial charge in [0.15, 0.2) is 0 Å². The van der Waals surface area contributed by atoms with E-state index in [0.29, 0.717) is 5.92 Å². The van der Waals surface area contributed by atoms with Crippen LogP contribution in [-0.2, 0) is 0 Å². The van der Waals surface area contributed by atoms with Gasteiger partial charge in [-0.15, -0.1) is 0 Å². The third-order valence-electron chi connectivity index (χ3n) is 4.87. The normalized spacial score (nSPS) is 12.8. The van der Waals surface area contributed by atoms with Gasteiger partial charge in [0, 0.05) is 0 Å². The number of hydrogen-bond donors (Lipinski definition) is 0. The molecule has 0 aliphatic carbocycles. The molecule has 0 heterocycles. The van der Waals surface area contributed by atoms with Gasteiger partial charge in [0.1, 0.15) is 23.2 Å². The highest BCUT2D eigenvalue weighted by molar-refractivity contribution is 7.95. The van der Waals surface area contributed by atoms with Crippen LogP contribution in [0.5, 0.6) is 0 Å². The third-order valence-corrected chi connectivity index (χ3v) is 9.58. The van der Waals surface area contributed by atoms with E-state index in [4.69, 9.17) is 0 Å². The summed E-state index contributed by atoms with van der Waals surface area (Å²) in [7, 11) is -1.63. The third kappa shape index (κ3) is 3.30. The maximum Gasteiger partial charge on any atom is 0.112 e. The van der Waals surface area contributed by atoms with Gasteiger partial charge in [-0.05, 0) is 42.3 Å². The molecule has 24 heavy (non-hydrogen) atoms. The van der Waals surface area contributed by atoms with Gasteiger partial charge in [-0.2, -0.15) is 0 Å². The van der Waals surface area contributed by atoms with Crippen molar-refractivity contribution in [3.8, 4) is 0 Å². The summed E-state index contributed by atoms with van der Waals surface area (Å²) in [5.74, 6) is 0.693. The second-order valence-electron chi connectivity index (χ2n) is 6.51. The molecule has 0 aliphatic heterocycles. The Bertz CT molecular complexity index is 638. The van der Waals surface area contributed by atoms with E-state index in [2.05, 4.69) is 105 Å². The van der Waals surface area contributed by atoms with Crippen molar-refractivity contribution in [1.82, 2.24) is 0 Å². The molecule has 0 radical (unpaired) electrons. The van der Waals surface area contributed by atoms with Gasteiger partial charge in [-0.25, -0.2) is 0 Å². The second-order valence-corrected chi connectivity index (χ2v) is 10.0. The van der Waals surface area contributed by atoms with Crippen LogP contribution >= 0.6 is 7.26 Å². The molecule has 0 N–H and O–H groups in total. The standard InChI is InChI=1S/C23H26P/c1-3-20(2)19-24(21-13-7-4-8-14-21,22-15-9-5-10-16-22)23-17-11-6-12-18-23/h4-18,20H,3,19H2,1-2H3/q+1/t20-/m0/s1. The summed E-state index contributed by atoms with van der Waals surface area (Å²) in [5, 5.41) is 4.47. The highest BCUT2D eigenvalue weighted by Crippen LogP contribution is 2.56. The van der Waals surface area contributed by atoms with Gasteiger partial charge in [0.25, 0.3) is 0 Å². The fraction of sp³-hybridized carbons (Fsp3) is 0.217. The van der Waals surface area contributed by atoms with Gasteiger partial charge in [0.05, 0.1) is 6.16 Å². The van der Waals surface area contributed by atoms with Crippen molar-refractivity contribution in [3.05, 3.63) is 91.0 Å². The average Bonchev–Trinajstić information content (AvgIpc) is 2.68. The first-order chi connectivity index (χ1) is 11.8. The van der Waals surface area contributed by atoms with Crippen molar-refractivity contribution in [1.29, 1.82) is 0 Å². The van der Waals surface area contributed by atoms with Crippen molar-refractivity contribution < 1.29 is 0 Å². The summed E-state index contributed by atoms with van der Waals surface area (Å²) in [6.45, 7) is 4.70. The Balaban J connectivity index is 2.28. The minimum atomic E-state index is -1.63. The molecule has 0 aliphatic rings. The van der Waals surface area contributed by atoms with Crippen molar-refractivity contribution in [3.63, 3.8) is 0 Å². The lowest BCUT2D eigenvalue weighted by molar-refractivity contribution is 0.633. The van der Waals surface area contributed by atoms with E-state index >= 15 is 0 Å². The van der Waals surface area contributed by atoms with Crippen molar-refractivity contribution >= 4 is 23.2 Å². The summed E-state index contributed by atoms with van der Waals surface area (Å²) in [6.07, 6.45) is 2.44. The predicted molar refractivity (Wildman–Crippen MR) is 109 cm³/mol. The fourth-order valence-corrected chi connectivity index (χ4v) is 8.17. The van der Waals surface area contributed by atoms with E-state index in [-0.39, 0.29) is 0 Å². The second kappa shape index (κ2) is 7.77. The molecule has 0 spiro atoms. The molecule has 122 valence electrons. The Morgan fingerprint density at radius 3 is 1.25 bits per heavy atom. The maximum atomic E-state index is 2.39. The van der Waals surface area contributed by atoms with Crippen molar-refractivity contribution in [2.75, 3.05) is 6.16 Å². The minimum Gasteiger partial charge on any atom is -0.0650 e. The fourth-order valence-electron chi connectivity index (χ4n) is 3.41. The van der Waals surface area contributed by atoms with E-state index in [9.17, 15) is 0 Å². The zero-order chi connectivity index (χ0) is 16.8. The van der Waals surface area contributed by atoms with Crippen LogP contribution in [0.25, 0.3) is 0 Å². The summed E-state index contributed by atoms with van der Waals surface area (Å²) in [5.41, 5.74) is 0.